The molecule has 1 aromatic heterocycles. The second kappa shape index (κ2) is 11.1. The maximum atomic E-state index is 12.3. The molecule has 6 nitrogen and oxygen atoms in total. The predicted octanol–water partition coefficient (Wildman–Crippen LogP) is 3.93. The van der Waals surface area contributed by atoms with Gasteiger partial charge in [0.15, 0.2) is 6.61 Å². The molecule has 7 heteroatoms. The fourth-order valence-electron chi connectivity index (χ4n) is 3.38. The summed E-state index contributed by atoms with van der Waals surface area (Å²) >= 11 is 1.56. The van der Waals surface area contributed by atoms with Crippen LogP contribution in [0.2, 0.25) is 0 Å². The molecule has 1 heterocycles. The highest BCUT2D eigenvalue weighted by Gasteiger charge is 2.23. The van der Waals surface area contributed by atoms with E-state index in [4.69, 9.17) is 4.74 Å². The highest BCUT2D eigenvalue weighted by Crippen LogP contribution is 2.24. The number of thiazole rings is 1. The van der Waals surface area contributed by atoms with Crippen molar-refractivity contribution in [3.05, 3.63) is 70.7 Å². The average Bonchev–Trinajstić information content (AvgIpc) is 3.53. The van der Waals surface area contributed by atoms with Gasteiger partial charge in [0, 0.05) is 23.5 Å². The maximum Gasteiger partial charge on any atom is 0.258 e. The van der Waals surface area contributed by atoms with E-state index < -0.39 is 0 Å². The lowest BCUT2D eigenvalue weighted by Gasteiger charge is -2.08. The molecule has 0 aliphatic heterocycles. The number of carbonyl (C=O) groups excluding carboxylic acids is 2. The second-order valence-electron chi connectivity index (χ2n) is 8.25. The molecule has 1 aliphatic carbocycles. The van der Waals surface area contributed by atoms with Gasteiger partial charge in [-0.15, -0.1) is 11.3 Å². The van der Waals surface area contributed by atoms with Crippen molar-refractivity contribution in [2.75, 3.05) is 13.2 Å². The molecule has 0 saturated heterocycles. The van der Waals surface area contributed by atoms with Gasteiger partial charge in [-0.05, 0) is 48.9 Å². The van der Waals surface area contributed by atoms with Crippen LogP contribution in [-0.2, 0) is 28.9 Å². The van der Waals surface area contributed by atoms with Crippen LogP contribution in [0.25, 0.3) is 10.6 Å². The summed E-state index contributed by atoms with van der Waals surface area (Å²) in [7, 11) is 0. The summed E-state index contributed by atoms with van der Waals surface area (Å²) in [4.78, 5) is 28.6. The van der Waals surface area contributed by atoms with Gasteiger partial charge >= 0.3 is 0 Å². The minimum absolute atomic E-state index is 0.0326. The predicted molar refractivity (Wildman–Crippen MR) is 130 cm³/mol. The Morgan fingerprint density at radius 1 is 1.03 bits per heavy atom. The fourth-order valence-corrected chi connectivity index (χ4v) is 4.20. The third-order valence-electron chi connectivity index (χ3n) is 5.47. The summed E-state index contributed by atoms with van der Waals surface area (Å²) < 4.78 is 5.52. The third-order valence-corrected chi connectivity index (χ3v) is 6.41. The molecule has 2 N–H and O–H groups in total. The van der Waals surface area contributed by atoms with Gasteiger partial charge < -0.3 is 15.4 Å². The standard InChI is InChI=1S/C26H29N3O3S/c1-2-18-3-7-20(8-4-18)26-29-22(17-33-26)15-24(30)27-14-13-19-5-11-23(12-6-19)32-16-25(31)28-21-9-10-21/h3-8,11-12,17,21H,2,9-10,13-16H2,1H3,(H,27,30)(H,28,31). The van der Waals surface area contributed by atoms with Crippen LogP contribution in [0.4, 0.5) is 0 Å². The molecule has 1 fully saturated rings. The molecule has 172 valence electrons. The van der Waals surface area contributed by atoms with Crippen molar-refractivity contribution in [1.29, 1.82) is 0 Å². The molecule has 1 aliphatic rings. The number of nitrogens with one attached hydrogen (secondary N) is 2. The summed E-state index contributed by atoms with van der Waals surface area (Å²) in [5.74, 6) is 0.554. The van der Waals surface area contributed by atoms with Crippen LogP contribution in [0.1, 0.15) is 36.6 Å². The number of rotatable bonds is 11. The van der Waals surface area contributed by atoms with Gasteiger partial charge in [-0.3, -0.25) is 9.59 Å². The lowest BCUT2D eigenvalue weighted by atomic mass is 10.1. The van der Waals surface area contributed by atoms with E-state index in [0.29, 0.717) is 18.3 Å². The van der Waals surface area contributed by atoms with E-state index in [1.54, 1.807) is 11.3 Å². The van der Waals surface area contributed by atoms with Crippen LogP contribution < -0.4 is 15.4 Å². The van der Waals surface area contributed by atoms with Crippen molar-refractivity contribution in [3.8, 4) is 16.3 Å². The van der Waals surface area contributed by atoms with Crippen LogP contribution in [0.15, 0.2) is 53.9 Å². The smallest absolute Gasteiger partial charge is 0.258 e. The Bertz CT molecular complexity index is 1070. The Hall–Kier alpha value is -3.19. The molecular weight excluding hydrogens is 434 g/mol. The molecule has 0 bridgehead atoms. The zero-order valence-corrected chi connectivity index (χ0v) is 19.6. The van der Waals surface area contributed by atoms with E-state index in [1.165, 1.54) is 5.56 Å². The van der Waals surface area contributed by atoms with E-state index in [9.17, 15) is 9.59 Å². The van der Waals surface area contributed by atoms with Crippen LogP contribution in [0.5, 0.6) is 5.75 Å². The van der Waals surface area contributed by atoms with Gasteiger partial charge in [0.1, 0.15) is 10.8 Å². The molecule has 3 aromatic rings. The molecular formula is C26H29N3O3S. The van der Waals surface area contributed by atoms with Crippen LogP contribution >= 0.6 is 11.3 Å². The zero-order chi connectivity index (χ0) is 23.0. The first-order valence-corrected chi connectivity index (χ1v) is 12.3. The first-order chi connectivity index (χ1) is 16.1. The van der Waals surface area contributed by atoms with Crippen LogP contribution in [-0.4, -0.2) is 36.0 Å². The lowest BCUT2D eigenvalue weighted by Crippen LogP contribution is -2.30. The number of nitrogens with zero attached hydrogens (tertiary/aromatic N) is 1. The number of amides is 2. The summed E-state index contributed by atoms with van der Waals surface area (Å²) in [5.41, 5.74) is 4.27. The van der Waals surface area contributed by atoms with Crippen molar-refractivity contribution in [2.24, 2.45) is 0 Å². The highest BCUT2D eigenvalue weighted by atomic mass is 32.1. The SMILES string of the molecule is CCc1ccc(-c2nc(CC(=O)NCCc3ccc(OCC(=O)NC4CC4)cc3)cs2)cc1. The van der Waals surface area contributed by atoms with Gasteiger partial charge in [0.25, 0.3) is 5.91 Å². The largest absolute Gasteiger partial charge is 0.484 e. The maximum absolute atomic E-state index is 12.3. The number of ether oxygens (including phenoxy) is 1. The van der Waals surface area contributed by atoms with Crippen molar-refractivity contribution < 1.29 is 14.3 Å². The Morgan fingerprint density at radius 2 is 1.76 bits per heavy atom. The first-order valence-electron chi connectivity index (χ1n) is 11.4. The molecule has 0 atom stereocenters. The van der Waals surface area contributed by atoms with Gasteiger partial charge in [0.2, 0.25) is 5.91 Å². The van der Waals surface area contributed by atoms with Crippen LogP contribution in [0, 0.1) is 0 Å². The summed E-state index contributed by atoms with van der Waals surface area (Å²) in [5, 5.41) is 8.75. The van der Waals surface area contributed by atoms with Gasteiger partial charge in [-0.25, -0.2) is 4.98 Å². The van der Waals surface area contributed by atoms with Gasteiger partial charge in [0.05, 0.1) is 12.1 Å². The van der Waals surface area contributed by atoms with Crippen molar-refractivity contribution in [3.63, 3.8) is 0 Å². The van der Waals surface area contributed by atoms with Crippen molar-refractivity contribution >= 4 is 23.2 Å². The molecule has 0 radical (unpaired) electrons. The number of hydrogen-bond acceptors (Lipinski definition) is 5. The van der Waals surface area contributed by atoms with Crippen molar-refractivity contribution in [2.45, 2.75) is 45.1 Å². The van der Waals surface area contributed by atoms with E-state index in [-0.39, 0.29) is 24.8 Å². The van der Waals surface area contributed by atoms with Crippen LogP contribution in [0.3, 0.4) is 0 Å². The number of aryl methyl sites for hydroxylation is 1. The molecule has 0 spiro atoms. The zero-order valence-electron chi connectivity index (χ0n) is 18.8. The molecule has 2 amide bonds. The normalized spacial score (nSPS) is 12.9. The molecule has 0 unspecified atom stereocenters. The summed E-state index contributed by atoms with van der Waals surface area (Å²) in [6.07, 6.45) is 4.14. The fraction of sp³-hybridized carbons (Fsp3) is 0.346. The van der Waals surface area contributed by atoms with Gasteiger partial charge in [-0.1, -0.05) is 43.3 Å². The quantitative estimate of drug-likeness (QED) is 0.452. The molecule has 1 saturated carbocycles. The topological polar surface area (TPSA) is 80.3 Å². The molecule has 33 heavy (non-hydrogen) atoms. The number of aromatic nitrogens is 1. The minimum Gasteiger partial charge on any atom is -0.484 e. The highest BCUT2D eigenvalue weighted by molar-refractivity contribution is 7.13. The monoisotopic (exact) mass is 463 g/mol. The Morgan fingerprint density at radius 3 is 2.45 bits per heavy atom. The summed E-state index contributed by atoms with van der Waals surface area (Å²) in [6.45, 7) is 2.73. The van der Waals surface area contributed by atoms with E-state index in [2.05, 4.69) is 46.8 Å². The second-order valence-corrected chi connectivity index (χ2v) is 9.10. The van der Waals surface area contributed by atoms with E-state index in [1.807, 2.05) is 29.6 Å². The number of benzene rings is 2. The molecule has 4 rings (SSSR count). The lowest BCUT2D eigenvalue weighted by molar-refractivity contribution is -0.123. The number of hydrogen-bond donors (Lipinski definition) is 2. The Balaban J connectivity index is 1.17. The van der Waals surface area contributed by atoms with Gasteiger partial charge in [-0.2, -0.15) is 0 Å². The van der Waals surface area contributed by atoms with Crippen molar-refractivity contribution in [1.82, 2.24) is 15.6 Å². The molecule has 2 aromatic carbocycles. The Kier molecular flexibility index (Phi) is 7.73. The van der Waals surface area contributed by atoms with E-state index in [0.717, 1.165) is 47.5 Å². The first kappa shape index (κ1) is 23.0. The number of carbonyl (C=O) groups is 2. The minimum atomic E-state index is -0.0779. The Labute approximate surface area is 198 Å². The van der Waals surface area contributed by atoms with E-state index >= 15 is 0 Å². The summed E-state index contributed by atoms with van der Waals surface area (Å²) in [6, 6.07) is 16.4. The third kappa shape index (κ3) is 7.15. The average molecular weight is 464 g/mol.